The molecule has 0 saturated carbocycles. The van der Waals surface area contributed by atoms with E-state index >= 15 is 0 Å². The minimum Gasteiger partial charge on any atom is -0.412 e. The van der Waals surface area contributed by atoms with Crippen molar-refractivity contribution >= 4 is 9.05 Å². The summed E-state index contributed by atoms with van der Waals surface area (Å²) in [5.41, 5.74) is 0. The summed E-state index contributed by atoms with van der Waals surface area (Å²) >= 11 is 0. The Kier molecular flexibility index (Phi) is 9.41. The van der Waals surface area contributed by atoms with Gasteiger partial charge in [-0.2, -0.15) is 0 Å². The lowest BCUT2D eigenvalue weighted by molar-refractivity contribution is 0.117. The van der Waals surface area contributed by atoms with E-state index in [0.29, 0.717) is 0 Å². The fourth-order valence-electron chi connectivity index (χ4n) is 0. The summed E-state index contributed by atoms with van der Waals surface area (Å²) in [6, 6.07) is 0. The molecule has 0 fully saturated rings. The molecule has 0 heterocycles. The van der Waals surface area contributed by atoms with Gasteiger partial charge in [-0.1, -0.05) is 0 Å². The Hall–Kier alpha value is 0.0169. The molecule has 0 rings (SSSR count). The highest BCUT2D eigenvalue weighted by atomic mass is 28.4. The lowest BCUT2D eigenvalue weighted by Gasteiger charge is -1.91. The van der Waals surface area contributed by atoms with Crippen LogP contribution in [-0.4, -0.2) is 33.7 Å². The largest absolute Gasteiger partial charge is 0.668 e. The summed E-state index contributed by atoms with van der Waals surface area (Å²) in [5, 5.41) is 0. The van der Waals surface area contributed by atoms with E-state index in [9.17, 15) is 0 Å². The van der Waals surface area contributed by atoms with Crippen molar-refractivity contribution in [3.8, 4) is 0 Å². The number of hydrogen-bond acceptors (Lipinski definition) is 4. The van der Waals surface area contributed by atoms with Crippen molar-refractivity contribution in [2.24, 2.45) is 0 Å². The second kappa shape index (κ2) is 4.18. The smallest absolute Gasteiger partial charge is 0.412 e. The van der Waals surface area contributed by atoms with Gasteiger partial charge < -0.3 is 24.7 Å². The molecule has 6 N–H and O–H groups in total. The molecule has 4 radical (unpaired) electrons. The van der Waals surface area contributed by atoms with Crippen LogP contribution in [0.15, 0.2) is 0 Å². The molecule has 0 saturated heterocycles. The van der Waals surface area contributed by atoms with Crippen molar-refractivity contribution < 1.29 is 24.7 Å². The summed E-state index contributed by atoms with van der Waals surface area (Å²) in [5.74, 6) is 0. The Morgan fingerprint density at radius 3 is 0.857 bits per heavy atom. The second-order valence-electron chi connectivity index (χ2n) is 0.600. The fraction of sp³-hybridized carbons (Fsp3) is 0. The van der Waals surface area contributed by atoms with Crippen molar-refractivity contribution in [2.75, 3.05) is 0 Å². The first kappa shape index (κ1) is 15.7. The predicted octanol–water partition coefficient (Wildman–Crippen LogP) is -3.35. The molecule has 7 heavy (non-hydrogen) atoms. The van der Waals surface area contributed by atoms with E-state index in [1.165, 1.54) is 0 Å². The molecular formula is CH6O5Si. The molecule has 5 nitrogen and oxygen atoms in total. The normalized spacial score (nSPS) is 8.57. The van der Waals surface area contributed by atoms with Gasteiger partial charge in [0.05, 0.1) is 0 Å². The quantitative estimate of drug-likeness (QED) is 0.254. The van der Waals surface area contributed by atoms with Gasteiger partial charge in [0.2, 0.25) is 0 Å². The highest BCUT2D eigenvalue weighted by Crippen LogP contribution is 1.67. The average Bonchev–Trinajstić information content (AvgIpc) is 0.722. The Morgan fingerprint density at radius 1 is 0.857 bits per heavy atom. The summed E-state index contributed by atoms with van der Waals surface area (Å²) < 4.78 is 0. The maximum absolute atomic E-state index is 7.33. The minimum atomic E-state index is -4.61. The molecule has 0 spiro atoms. The van der Waals surface area contributed by atoms with Crippen LogP contribution in [0.3, 0.4) is 0 Å². The SMILES string of the molecule is O.O[Si](O)(O)O.[C]. The van der Waals surface area contributed by atoms with Gasteiger partial charge in [0, 0.05) is 7.43 Å². The van der Waals surface area contributed by atoms with Crippen molar-refractivity contribution in [2.45, 2.75) is 0 Å². The lowest BCUT2D eigenvalue weighted by Crippen LogP contribution is -2.33. The standard InChI is InChI=1S/C.H4O4Si.H2O/c;1-5(2,3)4;/h;1-4H;1H2. The lowest BCUT2D eigenvalue weighted by atomic mass is 12.0. The van der Waals surface area contributed by atoms with Crippen molar-refractivity contribution in [3.63, 3.8) is 0 Å². The van der Waals surface area contributed by atoms with Gasteiger partial charge in [0.15, 0.2) is 0 Å². The van der Waals surface area contributed by atoms with E-state index in [0.717, 1.165) is 0 Å². The predicted molar refractivity (Wildman–Crippen MR) is 21.5 cm³/mol. The van der Waals surface area contributed by atoms with Crippen LogP contribution in [0.4, 0.5) is 0 Å². The zero-order valence-corrected chi connectivity index (χ0v) is 4.29. The van der Waals surface area contributed by atoms with Crippen LogP contribution >= 0.6 is 0 Å². The summed E-state index contributed by atoms with van der Waals surface area (Å²) in [4.78, 5) is 29.3. The highest BCUT2D eigenvalue weighted by Gasteiger charge is 2.22. The van der Waals surface area contributed by atoms with Crippen LogP contribution < -0.4 is 0 Å². The molecule has 0 aromatic heterocycles. The third-order valence-electron chi connectivity index (χ3n) is 0. The molecule has 44 valence electrons. The van der Waals surface area contributed by atoms with Gasteiger partial charge in [-0.3, -0.25) is 0 Å². The van der Waals surface area contributed by atoms with Gasteiger partial charge in [0.1, 0.15) is 0 Å². The first-order valence-electron chi connectivity index (χ1n) is 0.894. The van der Waals surface area contributed by atoms with Gasteiger partial charge in [-0.15, -0.1) is 0 Å². The molecule has 0 amide bonds. The Balaban J connectivity index is -0.0000000800. The molecule has 0 aliphatic heterocycles. The van der Waals surface area contributed by atoms with Crippen LogP contribution in [0, 0.1) is 7.43 Å². The molecular weight excluding hydrogens is 120 g/mol. The second-order valence-corrected chi connectivity index (χ2v) is 1.80. The van der Waals surface area contributed by atoms with Crippen molar-refractivity contribution in [1.29, 1.82) is 0 Å². The summed E-state index contributed by atoms with van der Waals surface area (Å²) in [7, 11) is -4.61. The van der Waals surface area contributed by atoms with E-state index in [2.05, 4.69) is 0 Å². The topological polar surface area (TPSA) is 112 Å². The van der Waals surface area contributed by atoms with Gasteiger partial charge in [-0.25, -0.2) is 0 Å². The van der Waals surface area contributed by atoms with Crippen molar-refractivity contribution in [3.05, 3.63) is 7.43 Å². The van der Waals surface area contributed by atoms with Crippen LogP contribution in [0.2, 0.25) is 0 Å². The molecule has 0 bridgehead atoms. The fourth-order valence-corrected chi connectivity index (χ4v) is 0. The molecule has 0 atom stereocenters. The minimum absolute atomic E-state index is 0. The number of hydrogen-bond donors (Lipinski definition) is 4. The maximum Gasteiger partial charge on any atom is 0.668 e. The Morgan fingerprint density at radius 2 is 0.857 bits per heavy atom. The van der Waals surface area contributed by atoms with Crippen LogP contribution in [0.25, 0.3) is 0 Å². The third-order valence-corrected chi connectivity index (χ3v) is 0. The first-order valence-corrected chi connectivity index (χ1v) is 2.68. The van der Waals surface area contributed by atoms with Gasteiger partial charge >= 0.3 is 9.05 Å². The van der Waals surface area contributed by atoms with Crippen LogP contribution in [0.5, 0.6) is 0 Å². The van der Waals surface area contributed by atoms with E-state index in [1.54, 1.807) is 0 Å². The van der Waals surface area contributed by atoms with E-state index < -0.39 is 9.05 Å². The highest BCUT2D eigenvalue weighted by molar-refractivity contribution is 6.46. The van der Waals surface area contributed by atoms with E-state index in [-0.39, 0.29) is 12.9 Å². The van der Waals surface area contributed by atoms with E-state index in [4.69, 9.17) is 19.2 Å². The third kappa shape index (κ3) is 341000. The monoisotopic (exact) mass is 126 g/mol. The zero-order valence-electron chi connectivity index (χ0n) is 3.29. The molecule has 6 heteroatoms. The molecule has 0 unspecified atom stereocenters. The Labute approximate surface area is 42.3 Å². The molecule has 0 aliphatic carbocycles. The van der Waals surface area contributed by atoms with Gasteiger partial charge in [0.25, 0.3) is 0 Å². The average molecular weight is 126 g/mol. The van der Waals surface area contributed by atoms with E-state index in [1.807, 2.05) is 0 Å². The van der Waals surface area contributed by atoms with Crippen LogP contribution in [0.1, 0.15) is 0 Å². The summed E-state index contributed by atoms with van der Waals surface area (Å²) in [6.07, 6.45) is 0. The number of rotatable bonds is 0. The van der Waals surface area contributed by atoms with Crippen molar-refractivity contribution in [1.82, 2.24) is 0 Å². The maximum atomic E-state index is 7.33. The zero-order chi connectivity index (χ0) is 4.50. The molecule has 0 aromatic rings. The Bertz CT molecular complexity index is 23.6. The molecule has 0 aliphatic rings. The summed E-state index contributed by atoms with van der Waals surface area (Å²) in [6.45, 7) is 0. The first-order chi connectivity index (χ1) is 2.00. The van der Waals surface area contributed by atoms with Crippen LogP contribution in [-0.2, 0) is 0 Å². The van der Waals surface area contributed by atoms with Gasteiger partial charge in [-0.05, 0) is 0 Å². The molecule has 0 aromatic carbocycles.